The minimum absolute atomic E-state index is 0.00598. The summed E-state index contributed by atoms with van der Waals surface area (Å²) < 4.78 is 6.34. The predicted octanol–water partition coefficient (Wildman–Crippen LogP) is -0.267. The van der Waals surface area contributed by atoms with Gasteiger partial charge in [-0.15, -0.1) is 16.4 Å². The summed E-state index contributed by atoms with van der Waals surface area (Å²) in [4.78, 5) is 20.9. The number of ether oxygens (including phenoxy) is 1. The van der Waals surface area contributed by atoms with Crippen molar-refractivity contribution in [1.82, 2.24) is 25.2 Å². The molecule has 0 saturated heterocycles. The van der Waals surface area contributed by atoms with Crippen LogP contribution in [0.2, 0.25) is 0 Å². The minimum atomic E-state index is -0.640. The number of oxime groups is 1. The Balaban J connectivity index is 2.13. The molecule has 0 unspecified atom stereocenters. The van der Waals surface area contributed by atoms with E-state index >= 15 is 0 Å². The molecule has 0 aliphatic carbocycles. The number of tetrazole rings is 1. The Labute approximate surface area is 123 Å². The van der Waals surface area contributed by atoms with Crippen molar-refractivity contribution in [2.75, 3.05) is 12.3 Å². The molecule has 0 saturated carbocycles. The summed E-state index contributed by atoms with van der Waals surface area (Å²) in [6.45, 7) is 1.91. The molecule has 2 aromatic heterocycles. The number of aromatic nitrogens is 5. The van der Waals surface area contributed by atoms with Crippen LogP contribution in [0, 0.1) is 0 Å². The molecule has 2 heterocycles. The van der Waals surface area contributed by atoms with Gasteiger partial charge in [-0.25, -0.2) is 14.5 Å². The lowest BCUT2D eigenvalue weighted by atomic mass is 10.3. The Bertz CT molecular complexity index is 651. The fraction of sp³-hybridized carbons (Fsp3) is 0.400. The lowest BCUT2D eigenvalue weighted by molar-refractivity contribution is -0.135. The monoisotopic (exact) mass is 311 g/mol. The van der Waals surface area contributed by atoms with Gasteiger partial charge in [-0.3, -0.25) is 0 Å². The van der Waals surface area contributed by atoms with Crippen LogP contribution < -0.4 is 5.73 Å². The Morgan fingerprint density at radius 2 is 2.38 bits per heavy atom. The van der Waals surface area contributed by atoms with Crippen molar-refractivity contribution in [3.05, 3.63) is 16.9 Å². The summed E-state index contributed by atoms with van der Waals surface area (Å²) in [7, 11) is 1.66. The van der Waals surface area contributed by atoms with Crippen molar-refractivity contribution in [3.63, 3.8) is 0 Å². The van der Waals surface area contributed by atoms with Crippen LogP contribution in [0.25, 0.3) is 0 Å². The van der Waals surface area contributed by atoms with E-state index in [9.17, 15) is 4.79 Å². The van der Waals surface area contributed by atoms with Crippen molar-refractivity contribution < 1.29 is 14.4 Å². The van der Waals surface area contributed by atoms with Gasteiger partial charge in [-0.1, -0.05) is 5.16 Å². The second kappa shape index (κ2) is 6.74. The summed E-state index contributed by atoms with van der Waals surface area (Å²) in [6.07, 6.45) is 0. The Morgan fingerprint density at radius 3 is 2.95 bits per heavy atom. The smallest absolute Gasteiger partial charge is 0.362 e. The first-order valence-electron chi connectivity index (χ1n) is 5.91. The average Bonchev–Trinajstić information content (AvgIpc) is 3.04. The topological polar surface area (TPSA) is 130 Å². The Hall–Kier alpha value is -2.56. The van der Waals surface area contributed by atoms with Crippen LogP contribution in [-0.2, 0) is 28.0 Å². The summed E-state index contributed by atoms with van der Waals surface area (Å²) in [5.41, 5.74) is 5.79. The molecule has 0 bridgehead atoms. The van der Waals surface area contributed by atoms with Crippen LogP contribution in [0.3, 0.4) is 0 Å². The molecular weight excluding hydrogens is 298 g/mol. The van der Waals surface area contributed by atoms with Crippen molar-refractivity contribution >= 4 is 28.1 Å². The lowest BCUT2D eigenvalue weighted by Gasteiger charge is -2.03. The summed E-state index contributed by atoms with van der Waals surface area (Å²) >= 11 is 1.19. The number of hydrogen-bond acceptors (Lipinski definition) is 10. The molecule has 11 heteroatoms. The number of nitrogen functional groups attached to an aromatic ring is 1. The van der Waals surface area contributed by atoms with E-state index in [4.69, 9.17) is 15.3 Å². The van der Waals surface area contributed by atoms with Crippen molar-refractivity contribution in [2.45, 2.75) is 13.5 Å². The van der Waals surface area contributed by atoms with Gasteiger partial charge in [0.15, 0.2) is 17.6 Å². The van der Waals surface area contributed by atoms with Gasteiger partial charge < -0.3 is 15.3 Å². The van der Waals surface area contributed by atoms with Crippen LogP contribution in [0.5, 0.6) is 0 Å². The summed E-state index contributed by atoms with van der Waals surface area (Å²) in [5, 5.41) is 16.5. The molecule has 21 heavy (non-hydrogen) atoms. The number of carbonyl (C=O) groups is 1. The zero-order valence-electron chi connectivity index (χ0n) is 11.4. The molecular formula is C10H13N7O3S. The Morgan fingerprint density at radius 1 is 1.57 bits per heavy atom. The first kappa shape index (κ1) is 14.8. The highest BCUT2D eigenvalue weighted by Gasteiger charge is 2.19. The number of thiazole rings is 1. The standard InChI is InChI=1S/C10H13N7O3S/c1-3-19-9(18)8(6-5-21-10(11)12-6)14-20-4-7-13-15-16-17(7)2/h5H,3-4H2,1-2H3,(H2,11,12)/b14-8-. The number of hydrogen-bond donors (Lipinski definition) is 1. The molecule has 0 aliphatic heterocycles. The summed E-state index contributed by atoms with van der Waals surface area (Å²) in [5.74, 6) is -0.182. The first-order chi connectivity index (χ1) is 10.1. The molecule has 0 atom stereocenters. The van der Waals surface area contributed by atoms with Gasteiger partial charge in [0.2, 0.25) is 5.71 Å². The normalized spacial score (nSPS) is 11.4. The van der Waals surface area contributed by atoms with Crippen LogP contribution in [0.15, 0.2) is 10.5 Å². The maximum absolute atomic E-state index is 11.9. The SMILES string of the molecule is CCOC(=O)/C(=N\OCc1nnnn1C)c1csc(N)n1. The van der Waals surface area contributed by atoms with Gasteiger partial charge in [0.05, 0.1) is 6.61 Å². The molecule has 0 spiro atoms. The van der Waals surface area contributed by atoms with Crippen molar-refractivity contribution in [1.29, 1.82) is 0 Å². The van der Waals surface area contributed by atoms with Gasteiger partial charge in [-0.05, 0) is 17.4 Å². The van der Waals surface area contributed by atoms with Gasteiger partial charge in [0.1, 0.15) is 5.69 Å². The van der Waals surface area contributed by atoms with Gasteiger partial charge in [0.25, 0.3) is 0 Å². The molecule has 0 fully saturated rings. The maximum Gasteiger partial charge on any atom is 0.362 e. The van der Waals surface area contributed by atoms with E-state index in [0.29, 0.717) is 16.6 Å². The van der Waals surface area contributed by atoms with Crippen molar-refractivity contribution in [2.24, 2.45) is 12.2 Å². The highest BCUT2D eigenvalue weighted by molar-refractivity contribution is 7.13. The second-order valence-electron chi connectivity index (χ2n) is 3.72. The van der Waals surface area contributed by atoms with E-state index in [1.807, 2.05) is 0 Å². The third-order valence-corrected chi connectivity index (χ3v) is 2.96. The number of aryl methyl sites for hydroxylation is 1. The van der Waals surface area contributed by atoms with E-state index in [0.717, 1.165) is 0 Å². The third-order valence-electron chi connectivity index (χ3n) is 2.29. The van der Waals surface area contributed by atoms with E-state index < -0.39 is 5.97 Å². The van der Waals surface area contributed by atoms with E-state index in [1.165, 1.54) is 16.0 Å². The number of nitrogens with two attached hydrogens (primary N) is 1. The molecule has 0 aliphatic rings. The Kier molecular flexibility index (Phi) is 4.77. The molecule has 0 aromatic carbocycles. The highest BCUT2D eigenvalue weighted by atomic mass is 32.1. The van der Waals surface area contributed by atoms with Gasteiger partial charge in [-0.2, -0.15) is 0 Å². The molecule has 2 N–H and O–H groups in total. The average molecular weight is 311 g/mol. The van der Waals surface area contributed by atoms with Crippen LogP contribution in [0.4, 0.5) is 5.13 Å². The predicted molar refractivity (Wildman–Crippen MR) is 73.3 cm³/mol. The number of anilines is 1. The van der Waals surface area contributed by atoms with E-state index in [2.05, 4.69) is 25.7 Å². The van der Waals surface area contributed by atoms with Crippen LogP contribution in [0.1, 0.15) is 18.4 Å². The molecule has 2 rings (SSSR count). The molecule has 0 radical (unpaired) electrons. The third kappa shape index (κ3) is 3.72. The maximum atomic E-state index is 11.9. The molecule has 2 aromatic rings. The van der Waals surface area contributed by atoms with E-state index in [-0.39, 0.29) is 18.9 Å². The highest BCUT2D eigenvalue weighted by Crippen LogP contribution is 2.13. The van der Waals surface area contributed by atoms with E-state index in [1.54, 1.807) is 19.4 Å². The van der Waals surface area contributed by atoms with Crippen molar-refractivity contribution in [3.8, 4) is 0 Å². The fourth-order valence-electron chi connectivity index (χ4n) is 1.31. The second-order valence-corrected chi connectivity index (χ2v) is 4.61. The molecule has 112 valence electrons. The fourth-order valence-corrected chi connectivity index (χ4v) is 1.86. The quantitative estimate of drug-likeness (QED) is 0.438. The first-order valence-corrected chi connectivity index (χ1v) is 6.79. The number of rotatable bonds is 6. The summed E-state index contributed by atoms with van der Waals surface area (Å²) in [6, 6.07) is 0. The van der Waals surface area contributed by atoms with Crippen LogP contribution in [-0.4, -0.2) is 43.5 Å². The van der Waals surface area contributed by atoms with Crippen LogP contribution >= 0.6 is 11.3 Å². The zero-order valence-corrected chi connectivity index (χ0v) is 12.2. The zero-order chi connectivity index (χ0) is 15.2. The van der Waals surface area contributed by atoms with Gasteiger partial charge in [0, 0.05) is 12.4 Å². The van der Waals surface area contributed by atoms with Gasteiger partial charge >= 0.3 is 5.97 Å². The molecule has 0 amide bonds. The lowest BCUT2D eigenvalue weighted by Crippen LogP contribution is -2.20. The molecule has 10 nitrogen and oxygen atoms in total. The largest absolute Gasteiger partial charge is 0.461 e. The number of esters is 1. The minimum Gasteiger partial charge on any atom is -0.461 e. The number of carbonyl (C=O) groups excluding carboxylic acids is 1. The number of nitrogens with zero attached hydrogens (tertiary/aromatic N) is 6.